The fourth-order valence-corrected chi connectivity index (χ4v) is 3.88. The van der Waals surface area contributed by atoms with Gasteiger partial charge in [-0.1, -0.05) is 18.2 Å². The Hall–Kier alpha value is -2.25. The minimum absolute atomic E-state index is 0.0701. The maximum absolute atomic E-state index is 11.6. The lowest BCUT2D eigenvalue weighted by Crippen LogP contribution is -2.42. The third kappa shape index (κ3) is 2.50. The van der Waals surface area contributed by atoms with Crippen molar-refractivity contribution in [2.24, 2.45) is 5.14 Å². The largest absolute Gasteiger partial charge is 0.493 e. The Morgan fingerprint density at radius 1 is 1.08 bits per heavy atom. The topological polar surface area (TPSA) is 90.7 Å². The second-order valence-electron chi connectivity index (χ2n) is 6.22. The number of nitrogens with two attached hydrogens (primary N) is 1. The van der Waals surface area contributed by atoms with Gasteiger partial charge in [-0.2, -0.15) is 0 Å². The molecule has 2 aromatic carbocycles. The predicted molar refractivity (Wildman–Crippen MR) is 90.0 cm³/mol. The summed E-state index contributed by atoms with van der Waals surface area (Å²) in [5.74, 6) is 1.51. The second kappa shape index (κ2) is 5.39. The fraction of sp³-hybridized carbons (Fsp3) is 0.294. The van der Waals surface area contributed by atoms with Gasteiger partial charge in [-0.25, -0.2) is 13.6 Å². The molecule has 7 heteroatoms. The average molecular weight is 346 g/mol. The zero-order chi connectivity index (χ0) is 16.8. The van der Waals surface area contributed by atoms with E-state index in [1.54, 1.807) is 6.07 Å². The number of ether oxygens (including phenoxy) is 2. The maximum Gasteiger partial charge on any atom is 0.238 e. The van der Waals surface area contributed by atoms with Gasteiger partial charge in [0.05, 0.1) is 29.2 Å². The molecule has 0 fully saturated rings. The molecular weight excluding hydrogens is 328 g/mol. The van der Waals surface area contributed by atoms with Crippen molar-refractivity contribution >= 4 is 15.7 Å². The van der Waals surface area contributed by atoms with Crippen LogP contribution in [0.4, 0.5) is 5.69 Å². The van der Waals surface area contributed by atoms with E-state index >= 15 is 0 Å². The summed E-state index contributed by atoms with van der Waals surface area (Å²) in [6.07, 6.45) is 0.826. The molecule has 0 aromatic heterocycles. The van der Waals surface area contributed by atoms with E-state index in [-0.39, 0.29) is 10.3 Å². The summed E-state index contributed by atoms with van der Waals surface area (Å²) in [5.41, 5.74) is 1.54. The average Bonchev–Trinajstić information content (AvgIpc) is 2.75. The Kier molecular flexibility index (Phi) is 3.43. The number of fused-ring (bicyclic) bond motifs is 3. The van der Waals surface area contributed by atoms with E-state index in [9.17, 15) is 8.42 Å². The molecular formula is C17H18N2O4S. The number of hydrogen-bond donors (Lipinski definition) is 2. The SMILES string of the molecule is NS(=O)(=O)c1ccc2c(c1)NCC1(CCOc3ccccc31)CO2. The molecule has 24 heavy (non-hydrogen) atoms. The van der Waals surface area contributed by atoms with Crippen LogP contribution in [0.2, 0.25) is 0 Å². The number of sulfonamides is 1. The van der Waals surface area contributed by atoms with Gasteiger partial charge in [-0.3, -0.25) is 0 Å². The summed E-state index contributed by atoms with van der Waals surface area (Å²) in [4.78, 5) is 0.0701. The first-order valence-corrected chi connectivity index (χ1v) is 9.28. The van der Waals surface area contributed by atoms with E-state index in [4.69, 9.17) is 14.6 Å². The molecule has 1 spiro atoms. The van der Waals surface area contributed by atoms with Gasteiger partial charge in [0.2, 0.25) is 10.0 Å². The number of para-hydroxylation sites is 1. The summed E-state index contributed by atoms with van der Waals surface area (Å²) in [5, 5.41) is 8.55. The van der Waals surface area contributed by atoms with Crippen LogP contribution in [0.5, 0.6) is 11.5 Å². The third-order valence-electron chi connectivity index (χ3n) is 4.70. The van der Waals surface area contributed by atoms with Gasteiger partial charge < -0.3 is 14.8 Å². The highest BCUT2D eigenvalue weighted by Crippen LogP contribution is 2.42. The molecule has 0 saturated carbocycles. The molecule has 3 N–H and O–H groups in total. The van der Waals surface area contributed by atoms with Crippen molar-refractivity contribution in [3.05, 3.63) is 48.0 Å². The quantitative estimate of drug-likeness (QED) is 0.822. The minimum Gasteiger partial charge on any atom is -0.493 e. The molecule has 0 aliphatic carbocycles. The Labute approximate surface area is 140 Å². The summed E-state index contributed by atoms with van der Waals surface area (Å²) >= 11 is 0. The van der Waals surface area contributed by atoms with Gasteiger partial charge >= 0.3 is 0 Å². The first kappa shape index (κ1) is 15.3. The minimum atomic E-state index is -3.75. The lowest BCUT2D eigenvalue weighted by Gasteiger charge is -2.37. The van der Waals surface area contributed by atoms with Crippen LogP contribution in [-0.4, -0.2) is 28.2 Å². The number of nitrogens with one attached hydrogen (secondary N) is 1. The smallest absolute Gasteiger partial charge is 0.238 e. The number of rotatable bonds is 1. The highest BCUT2D eigenvalue weighted by atomic mass is 32.2. The summed E-state index contributed by atoms with van der Waals surface area (Å²) < 4.78 is 34.9. The molecule has 2 heterocycles. The molecule has 1 atom stereocenters. The highest BCUT2D eigenvalue weighted by Gasteiger charge is 2.40. The van der Waals surface area contributed by atoms with Crippen LogP contribution in [0.15, 0.2) is 47.4 Å². The van der Waals surface area contributed by atoms with Gasteiger partial charge in [0.25, 0.3) is 0 Å². The van der Waals surface area contributed by atoms with E-state index < -0.39 is 10.0 Å². The van der Waals surface area contributed by atoms with Crippen LogP contribution < -0.4 is 19.9 Å². The van der Waals surface area contributed by atoms with E-state index in [1.165, 1.54) is 12.1 Å². The molecule has 6 nitrogen and oxygen atoms in total. The monoisotopic (exact) mass is 346 g/mol. The van der Waals surface area contributed by atoms with Gasteiger partial charge in [-0.15, -0.1) is 0 Å². The Balaban J connectivity index is 1.71. The van der Waals surface area contributed by atoms with Gasteiger partial charge in [0.15, 0.2) is 0 Å². The van der Waals surface area contributed by atoms with E-state index in [2.05, 4.69) is 11.4 Å². The predicted octanol–water partition coefficient (Wildman–Crippen LogP) is 1.86. The highest BCUT2D eigenvalue weighted by molar-refractivity contribution is 7.89. The lowest BCUT2D eigenvalue weighted by atomic mass is 9.76. The Bertz CT molecular complexity index is 897. The Morgan fingerprint density at radius 3 is 2.75 bits per heavy atom. The van der Waals surface area contributed by atoms with Crippen molar-refractivity contribution in [3.8, 4) is 11.5 Å². The number of benzene rings is 2. The van der Waals surface area contributed by atoms with Crippen molar-refractivity contribution in [1.82, 2.24) is 0 Å². The first-order chi connectivity index (χ1) is 11.5. The summed E-state index contributed by atoms with van der Waals surface area (Å²) in [6, 6.07) is 12.6. The Morgan fingerprint density at radius 2 is 1.92 bits per heavy atom. The van der Waals surface area contributed by atoms with Crippen molar-refractivity contribution in [1.29, 1.82) is 0 Å². The van der Waals surface area contributed by atoms with Crippen LogP contribution in [0.25, 0.3) is 0 Å². The maximum atomic E-state index is 11.6. The summed E-state index contributed by atoms with van der Waals surface area (Å²) in [6.45, 7) is 1.76. The standard InChI is InChI=1S/C17H18N2O4S/c18-24(20,21)12-5-6-16-14(9-12)19-10-17(11-23-16)7-8-22-15-4-2-1-3-13(15)17/h1-6,9,19H,7-8,10-11H2,(H2,18,20,21). The molecule has 0 saturated heterocycles. The molecule has 126 valence electrons. The van der Waals surface area contributed by atoms with Crippen molar-refractivity contribution in [2.75, 3.05) is 25.1 Å². The van der Waals surface area contributed by atoms with Gasteiger partial charge in [-0.05, 0) is 30.7 Å². The van der Waals surface area contributed by atoms with Crippen molar-refractivity contribution in [2.45, 2.75) is 16.7 Å². The lowest BCUT2D eigenvalue weighted by molar-refractivity contribution is 0.160. The number of primary sulfonamides is 1. The molecule has 2 aliphatic rings. The van der Waals surface area contributed by atoms with E-state index in [0.29, 0.717) is 31.2 Å². The molecule has 0 radical (unpaired) electrons. The van der Waals surface area contributed by atoms with Crippen molar-refractivity contribution < 1.29 is 17.9 Å². The van der Waals surface area contributed by atoms with Crippen LogP contribution in [0.3, 0.4) is 0 Å². The van der Waals surface area contributed by atoms with Crippen molar-refractivity contribution in [3.63, 3.8) is 0 Å². The molecule has 1 unspecified atom stereocenters. The fourth-order valence-electron chi connectivity index (χ4n) is 3.34. The molecule has 2 aromatic rings. The third-order valence-corrected chi connectivity index (χ3v) is 5.61. The molecule has 4 rings (SSSR count). The van der Waals surface area contributed by atoms with Crippen LogP contribution in [0, 0.1) is 0 Å². The molecule has 2 aliphatic heterocycles. The number of hydrogen-bond acceptors (Lipinski definition) is 5. The van der Waals surface area contributed by atoms with Crippen LogP contribution >= 0.6 is 0 Å². The van der Waals surface area contributed by atoms with Gasteiger partial charge in [0.1, 0.15) is 11.5 Å². The zero-order valence-electron chi connectivity index (χ0n) is 13.0. The van der Waals surface area contributed by atoms with E-state index in [0.717, 1.165) is 17.7 Å². The van der Waals surface area contributed by atoms with Crippen LogP contribution in [-0.2, 0) is 15.4 Å². The van der Waals surface area contributed by atoms with Gasteiger partial charge in [0, 0.05) is 12.1 Å². The summed E-state index contributed by atoms with van der Waals surface area (Å²) in [7, 11) is -3.75. The zero-order valence-corrected chi connectivity index (χ0v) is 13.8. The second-order valence-corrected chi connectivity index (χ2v) is 7.78. The number of anilines is 1. The molecule has 0 amide bonds. The molecule has 0 bridgehead atoms. The first-order valence-electron chi connectivity index (χ1n) is 7.74. The normalized spacial score (nSPS) is 22.4. The van der Waals surface area contributed by atoms with E-state index in [1.807, 2.05) is 18.2 Å². The van der Waals surface area contributed by atoms with Crippen LogP contribution in [0.1, 0.15) is 12.0 Å².